The SMILES string of the molecule is CNC(c1cccc(C)c1)c1cc(F)c(Br)cc1F. The van der Waals surface area contributed by atoms with Crippen LogP contribution in [-0.4, -0.2) is 7.05 Å². The molecule has 0 fully saturated rings. The average molecular weight is 326 g/mol. The molecular formula is C15H14BrF2N. The van der Waals surface area contributed by atoms with E-state index in [0.29, 0.717) is 5.56 Å². The molecule has 0 aliphatic carbocycles. The Balaban J connectivity index is 2.51. The molecule has 19 heavy (non-hydrogen) atoms. The lowest BCUT2D eigenvalue weighted by Crippen LogP contribution is -2.19. The van der Waals surface area contributed by atoms with Crippen molar-refractivity contribution in [1.82, 2.24) is 5.32 Å². The van der Waals surface area contributed by atoms with Crippen LogP contribution in [0.25, 0.3) is 0 Å². The number of hydrogen-bond acceptors (Lipinski definition) is 1. The van der Waals surface area contributed by atoms with E-state index in [1.165, 1.54) is 6.07 Å². The Labute approximate surface area is 119 Å². The van der Waals surface area contributed by atoms with Gasteiger partial charge in [-0.2, -0.15) is 0 Å². The molecule has 2 rings (SSSR count). The molecule has 1 unspecified atom stereocenters. The fourth-order valence-corrected chi connectivity index (χ4v) is 2.43. The number of rotatable bonds is 3. The Morgan fingerprint density at radius 2 is 1.84 bits per heavy atom. The highest BCUT2D eigenvalue weighted by Gasteiger charge is 2.18. The quantitative estimate of drug-likeness (QED) is 0.827. The maximum Gasteiger partial charge on any atom is 0.137 e. The van der Waals surface area contributed by atoms with Crippen LogP contribution in [0.1, 0.15) is 22.7 Å². The van der Waals surface area contributed by atoms with Gasteiger partial charge in [0.05, 0.1) is 10.5 Å². The second-order valence-corrected chi connectivity index (χ2v) is 5.28. The fourth-order valence-electron chi connectivity index (χ4n) is 2.11. The monoisotopic (exact) mass is 325 g/mol. The van der Waals surface area contributed by atoms with Crippen molar-refractivity contribution >= 4 is 15.9 Å². The Bertz CT molecular complexity index is 599. The van der Waals surface area contributed by atoms with Crippen LogP contribution in [0.3, 0.4) is 0 Å². The summed E-state index contributed by atoms with van der Waals surface area (Å²) >= 11 is 2.98. The van der Waals surface area contributed by atoms with Crippen LogP contribution in [0, 0.1) is 18.6 Å². The highest BCUT2D eigenvalue weighted by atomic mass is 79.9. The standard InChI is InChI=1S/C15H14BrF2N/c1-9-4-3-5-10(6-9)15(19-2)11-7-14(18)12(16)8-13(11)17/h3-8,15,19H,1-2H3. The van der Waals surface area contributed by atoms with E-state index in [9.17, 15) is 8.78 Å². The first-order chi connectivity index (χ1) is 9.02. The van der Waals surface area contributed by atoms with Crippen LogP contribution in [0.4, 0.5) is 8.78 Å². The van der Waals surface area contributed by atoms with Crippen molar-refractivity contribution < 1.29 is 8.78 Å². The van der Waals surface area contributed by atoms with Gasteiger partial charge in [-0.25, -0.2) is 8.78 Å². The van der Waals surface area contributed by atoms with E-state index in [4.69, 9.17) is 0 Å². The Morgan fingerprint density at radius 3 is 2.47 bits per heavy atom. The van der Waals surface area contributed by atoms with Crippen LogP contribution in [0.2, 0.25) is 0 Å². The second kappa shape index (κ2) is 5.80. The third kappa shape index (κ3) is 3.01. The molecule has 0 aliphatic heterocycles. The molecule has 0 amide bonds. The number of halogens is 3. The lowest BCUT2D eigenvalue weighted by atomic mass is 9.97. The topological polar surface area (TPSA) is 12.0 Å². The molecule has 0 saturated heterocycles. The van der Waals surface area contributed by atoms with Gasteiger partial charge in [0.2, 0.25) is 0 Å². The van der Waals surface area contributed by atoms with Gasteiger partial charge in [0, 0.05) is 5.56 Å². The molecule has 1 atom stereocenters. The largest absolute Gasteiger partial charge is 0.309 e. The molecule has 0 heterocycles. The molecular weight excluding hydrogens is 312 g/mol. The highest BCUT2D eigenvalue weighted by molar-refractivity contribution is 9.10. The van der Waals surface area contributed by atoms with Gasteiger partial charge >= 0.3 is 0 Å². The minimum absolute atomic E-state index is 0.132. The van der Waals surface area contributed by atoms with E-state index < -0.39 is 11.6 Å². The second-order valence-electron chi connectivity index (χ2n) is 4.42. The van der Waals surface area contributed by atoms with Crippen molar-refractivity contribution in [2.45, 2.75) is 13.0 Å². The highest BCUT2D eigenvalue weighted by Crippen LogP contribution is 2.28. The molecule has 0 bridgehead atoms. The molecule has 4 heteroatoms. The Kier molecular flexibility index (Phi) is 4.32. The molecule has 0 spiro atoms. The lowest BCUT2D eigenvalue weighted by molar-refractivity contribution is 0.554. The van der Waals surface area contributed by atoms with Gasteiger partial charge in [-0.05, 0) is 47.6 Å². The summed E-state index contributed by atoms with van der Waals surface area (Å²) in [6, 6.07) is 9.74. The molecule has 0 radical (unpaired) electrons. The van der Waals surface area contributed by atoms with E-state index in [2.05, 4.69) is 21.2 Å². The minimum atomic E-state index is -0.468. The van der Waals surface area contributed by atoms with Gasteiger partial charge in [-0.1, -0.05) is 29.8 Å². The average Bonchev–Trinajstić information content (AvgIpc) is 2.36. The summed E-state index contributed by atoms with van der Waals surface area (Å²) in [5.41, 5.74) is 2.28. The zero-order valence-corrected chi connectivity index (χ0v) is 12.3. The summed E-state index contributed by atoms with van der Waals surface area (Å²) in [4.78, 5) is 0. The summed E-state index contributed by atoms with van der Waals surface area (Å²) in [5.74, 6) is -0.904. The number of aryl methyl sites for hydroxylation is 1. The minimum Gasteiger partial charge on any atom is -0.309 e. The maximum absolute atomic E-state index is 14.0. The van der Waals surface area contributed by atoms with Gasteiger partial charge < -0.3 is 5.32 Å². The van der Waals surface area contributed by atoms with Crippen LogP contribution >= 0.6 is 15.9 Å². The third-order valence-corrected chi connectivity index (χ3v) is 3.62. The zero-order valence-electron chi connectivity index (χ0n) is 10.7. The zero-order chi connectivity index (χ0) is 14.0. The number of benzene rings is 2. The molecule has 2 aromatic rings. The van der Waals surface area contributed by atoms with Gasteiger partial charge in [0.1, 0.15) is 11.6 Å². The normalized spacial score (nSPS) is 12.5. The maximum atomic E-state index is 14.0. The van der Waals surface area contributed by atoms with E-state index in [-0.39, 0.29) is 10.5 Å². The lowest BCUT2D eigenvalue weighted by Gasteiger charge is -2.19. The number of nitrogens with one attached hydrogen (secondary N) is 1. The Hall–Kier alpha value is -1.26. The molecule has 0 aromatic heterocycles. The summed E-state index contributed by atoms with van der Waals surface area (Å²) < 4.78 is 27.8. The summed E-state index contributed by atoms with van der Waals surface area (Å²) in [6.07, 6.45) is 0. The third-order valence-electron chi connectivity index (χ3n) is 3.01. The summed E-state index contributed by atoms with van der Waals surface area (Å²) in [5, 5.41) is 3.03. The molecule has 2 aromatic carbocycles. The predicted octanol–water partition coefficient (Wildman–Crippen LogP) is 4.34. The molecule has 0 aliphatic rings. The van der Waals surface area contributed by atoms with Crippen molar-refractivity contribution in [2.75, 3.05) is 7.05 Å². The summed E-state index contributed by atoms with van der Waals surface area (Å²) in [7, 11) is 1.73. The Morgan fingerprint density at radius 1 is 1.11 bits per heavy atom. The first-order valence-corrected chi connectivity index (χ1v) is 6.70. The van der Waals surface area contributed by atoms with Crippen molar-refractivity contribution in [3.63, 3.8) is 0 Å². The van der Waals surface area contributed by atoms with E-state index in [1.54, 1.807) is 7.05 Å². The summed E-state index contributed by atoms with van der Waals surface area (Å²) in [6.45, 7) is 1.97. The predicted molar refractivity (Wildman–Crippen MR) is 76.1 cm³/mol. The van der Waals surface area contributed by atoms with Crippen LogP contribution in [0.5, 0.6) is 0 Å². The molecule has 0 saturated carbocycles. The molecule has 1 N–H and O–H groups in total. The van der Waals surface area contributed by atoms with Gasteiger partial charge in [-0.15, -0.1) is 0 Å². The first-order valence-electron chi connectivity index (χ1n) is 5.91. The van der Waals surface area contributed by atoms with E-state index >= 15 is 0 Å². The van der Waals surface area contributed by atoms with E-state index in [0.717, 1.165) is 17.2 Å². The van der Waals surface area contributed by atoms with Gasteiger partial charge in [0.15, 0.2) is 0 Å². The van der Waals surface area contributed by atoms with Crippen molar-refractivity contribution in [2.24, 2.45) is 0 Å². The molecule has 100 valence electrons. The van der Waals surface area contributed by atoms with Crippen molar-refractivity contribution in [1.29, 1.82) is 0 Å². The van der Waals surface area contributed by atoms with Crippen LogP contribution in [-0.2, 0) is 0 Å². The molecule has 1 nitrogen and oxygen atoms in total. The number of hydrogen-bond donors (Lipinski definition) is 1. The van der Waals surface area contributed by atoms with Crippen molar-refractivity contribution in [3.8, 4) is 0 Å². The smallest absolute Gasteiger partial charge is 0.137 e. The van der Waals surface area contributed by atoms with Crippen LogP contribution < -0.4 is 5.32 Å². The van der Waals surface area contributed by atoms with Gasteiger partial charge in [0.25, 0.3) is 0 Å². The van der Waals surface area contributed by atoms with E-state index in [1.807, 2.05) is 31.2 Å². The first kappa shape index (κ1) is 14.2. The fraction of sp³-hybridized carbons (Fsp3) is 0.200. The van der Waals surface area contributed by atoms with Crippen LogP contribution in [0.15, 0.2) is 40.9 Å². The van der Waals surface area contributed by atoms with Crippen molar-refractivity contribution in [3.05, 3.63) is 69.2 Å². The van der Waals surface area contributed by atoms with Gasteiger partial charge in [-0.3, -0.25) is 0 Å².